The van der Waals surface area contributed by atoms with Crippen LogP contribution in [0, 0.1) is 11.8 Å². The van der Waals surface area contributed by atoms with Crippen molar-refractivity contribution in [1.82, 2.24) is 9.97 Å². The Labute approximate surface area is 108 Å². The van der Waals surface area contributed by atoms with Crippen LogP contribution in [-0.4, -0.2) is 22.4 Å². The van der Waals surface area contributed by atoms with Crippen LogP contribution < -0.4 is 11.1 Å². The number of aromatic nitrogens is 2. The van der Waals surface area contributed by atoms with Crippen LogP contribution in [0.3, 0.4) is 0 Å². The number of carbonyl (C=O) groups excluding carboxylic acids is 1. The number of carbonyl (C=O) groups is 1. The summed E-state index contributed by atoms with van der Waals surface area (Å²) in [5, 5.41) is 4.34. The number of anilines is 1. The van der Waals surface area contributed by atoms with Crippen LogP contribution in [0.25, 0.3) is 0 Å². The second kappa shape index (κ2) is 5.91. The van der Waals surface area contributed by atoms with E-state index in [-0.39, 0.29) is 11.9 Å². The minimum absolute atomic E-state index is 0.252. The molecule has 0 aliphatic heterocycles. The zero-order valence-electron chi connectivity index (χ0n) is 9.38. The van der Waals surface area contributed by atoms with Crippen LogP contribution in [0.1, 0.15) is 15.2 Å². The van der Waals surface area contributed by atoms with E-state index in [4.69, 9.17) is 5.73 Å². The molecule has 0 spiro atoms. The first kappa shape index (κ1) is 12.2. The fourth-order valence-electron chi connectivity index (χ4n) is 1.20. The van der Waals surface area contributed by atoms with Crippen molar-refractivity contribution in [3.8, 4) is 11.8 Å². The third-order valence-electron chi connectivity index (χ3n) is 1.97. The van der Waals surface area contributed by atoms with E-state index in [0.29, 0.717) is 12.1 Å². The number of nitrogens with zero attached hydrogens (tertiary/aromatic N) is 2. The number of nitrogens with one attached hydrogen (secondary N) is 1. The van der Waals surface area contributed by atoms with E-state index < -0.39 is 0 Å². The molecule has 0 atom stereocenters. The summed E-state index contributed by atoms with van der Waals surface area (Å²) in [7, 11) is 0. The predicted molar refractivity (Wildman–Crippen MR) is 70.2 cm³/mol. The first-order valence-corrected chi connectivity index (χ1v) is 6.03. The minimum Gasteiger partial charge on any atom is -0.320 e. The van der Waals surface area contributed by atoms with E-state index in [9.17, 15) is 4.79 Å². The van der Waals surface area contributed by atoms with Gasteiger partial charge >= 0.3 is 0 Å². The molecular weight excluding hydrogens is 248 g/mol. The van der Waals surface area contributed by atoms with E-state index in [0.717, 1.165) is 4.88 Å². The van der Waals surface area contributed by atoms with Crippen molar-refractivity contribution >= 4 is 23.2 Å². The normalized spacial score (nSPS) is 9.39. The Bertz CT molecular complexity index is 597. The van der Waals surface area contributed by atoms with Crippen molar-refractivity contribution in [1.29, 1.82) is 0 Å². The van der Waals surface area contributed by atoms with Gasteiger partial charge in [0.2, 0.25) is 5.95 Å². The molecule has 0 unspecified atom stereocenters. The van der Waals surface area contributed by atoms with Crippen molar-refractivity contribution in [3.63, 3.8) is 0 Å². The highest BCUT2D eigenvalue weighted by molar-refractivity contribution is 7.10. The molecule has 18 heavy (non-hydrogen) atoms. The van der Waals surface area contributed by atoms with E-state index in [1.807, 2.05) is 0 Å². The van der Waals surface area contributed by atoms with E-state index in [2.05, 4.69) is 27.1 Å². The molecule has 0 fully saturated rings. The molecule has 2 aromatic heterocycles. The molecule has 0 saturated carbocycles. The van der Waals surface area contributed by atoms with Crippen molar-refractivity contribution < 1.29 is 4.79 Å². The Kier molecular flexibility index (Phi) is 4.02. The molecule has 0 aliphatic rings. The van der Waals surface area contributed by atoms with Gasteiger partial charge in [-0.15, -0.1) is 11.3 Å². The molecule has 5 nitrogen and oxygen atoms in total. The smallest absolute Gasteiger partial charge is 0.258 e. The maximum atomic E-state index is 11.8. The van der Waals surface area contributed by atoms with Gasteiger partial charge in [0.15, 0.2) is 0 Å². The Morgan fingerprint density at radius 3 is 2.94 bits per heavy atom. The zero-order chi connectivity index (χ0) is 12.8. The van der Waals surface area contributed by atoms with E-state index in [1.165, 1.54) is 11.3 Å². The Hall–Kier alpha value is -2.23. The second-order valence-corrected chi connectivity index (χ2v) is 4.14. The number of nitrogens with two attached hydrogens (primary N) is 1. The number of thiophene rings is 1. The average molecular weight is 258 g/mol. The van der Waals surface area contributed by atoms with Gasteiger partial charge < -0.3 is 5.73 Å². The van der Waals surface area contributed by atoms with Crippen LogP contribution in [0.5, 0.6) is 0 Å². The first-order valence-electron chi connectivity index (χ1n) is 5.15. The maximum Gasteiger partial charge on any atom is 0.258 e. The summed E-state index contributed by atoms with van der Waals surface area (Å²) < 4.78 is 0. The lowest BCUT2D eigenvalue weighted by molar-refractivity contribution is 0.102. The molecule has 90 valence electrons. The lowest BCUT2D eigenvalue weighted by Gasteiger charge is -1.99. The summed E-state index contributed by atoms with van der Waals surface area (Å²) in [6, 6.07) is 3.40. The van der Waals surface area contributed by atoms with Crippen molar-refractivity contribution in [2.24, 2.45) is 5.73 Å². The molecule has 2 aromatic rings. The number of hydrogen-bond acceptors (Lipinski definition) is 5. The zero-order valence-corrected chi connectivity index (χ0v) is 10.2. The molecule has 6 heteroatoms. The minimum atomic E-state index is -0.252. The topological polar surface area (TPSA) is 80.9 Å². The Morgan fingerprint density at radius 1 is 1.44 bits per heavy atom. The van der Waals surface area contributed by atoms with Crippen LogP contribution in [0.2, 0.25) is 0 Å². The SMILES string of the molecule is NCC#Cc1cc(C(=O)Nc2ncccn2)cs1. The van der Waals surface area contributed by atoms with E-state index >= 15 is 0 Å². The van der Waals surface area contributed by atoms with Gasteiger partial charge in [-0.3, -0.25) is 10.1 Å². The lowest BCUT2D eigenvalue weighted by atomic mass is 10.3. The average Bonchev–Trinajstić information content (AvgIpc) is 2.86. The van der Waals surface area contributed by atoms with Gasteiger partial charge in [-0.2, -0.15) is 0 Å². The summed E-state index contributed by atoms with van der Waals surface area (Å²) >= 11 is 1.40. The summed E-state index contributed by atoms with van der Waals surface area (Å²) in [5.74, 6) is 5.64. The molecule has 0 radical (unpaired) electrons. The van der Waals surface area contributed by atoms with Gasteiger partial charge in [-0.25, -0.2) is 9.97 Å². The van der Waals surface area contributed by atoms with Crippen molar-refractivity contribution in [2.75, 3.05) is 11.9 Å². The van der Waals surface area contributed by atoms with Crippen molar-refractivity contribution in [2.45, 2.75) is 0 Å². The summed E-state index contributed by atoms with van der Waals surface area (Å²) in [4.78, 5) is 20.5. The number of amides is 1. The van der Waals surface area contributed by atoms with Gasteiger partial charge in [0.25, 0.3) is 5.91 Å². The van der Waals surface area contributed by atoms with Crippen LogP contribution in [-0.2, 0) is 0 Å². The summed E-state index contributed by atoms with van der Waals surface area (Å²) in [5.41, 5.74) is 5.82. The molecule has 3 N–H and O–H groups in total. The van der Waals surface area contributed by atoms with Gasteiger partial charge in [-0.1, -0.05) is 11.8 Å². The van der Waals surface area contributed by atoms with Crippen LogP contribution in [0.4, 0.5) is 5.95 Å². The highest BCUT2D eigenvalue weighted by atomic mass is 32.1. The molecule has 1 amide bonds. The highest BCUT2D eigenvalue weighted by Gasteiger charge is 2.09. The predicted octanol–water partition coefficient (Wildman–Crippen LogP) is 1.10. The monoisotopic (exact) mass is 258 g/mol. The highest BCUT2D eigenvalue weighted by Crippen LogP contribution is 2.14. The van der Waals surface area contributed by atoms with E-state index in [1.54, 1.807) is 29.9 Å². The molecule has 0 bridgehead atoms. The summed E-state index contributed by atoms with van der Waals surface area (Å²) in [6.45, 7) is 0.303. The first-order chi connectivity index (χ1) is 8.79. The largest absolute Gasteiger partial charge is 0.320 e. The molecule has 0 aromatic carbocycles. The van der Waals surface area contributed by atoms with Gasteiger partial charge in [-0.05, 0) is 12.1 Å². The number of hydrogen-bond donors (Lipinski definition) is 2. The molecule has 0 saturated heterocycles. The van der Waals surface area contributed by atoms with Crippen molar-refractivity contribution in [3.05, 3.63) is 40.3 Å². The van der Waals surface area contributed by atoms with Gasteiger partial charge in [0, 0.05) is 17.8 Å². The Morgan fingerprint density at radius 2 is 2.22 bits per heavy atom. The fraction of sp³-hybridized carbons (Fsp3) is 0.0833. The molecule has 2 heterocycles. The number of rotatable bonds is 2. The summed E-state index contributed by atoms with van der Waals surface area (Å²) in [6.07, 6.45) is 3.13. The van der Waals surface area contributed by atoms with Crippen LogP contribution in [0.15, 0.2) is 29.9 Å². The standard InChI is InChI=1S/C12H10N4OS/c13-4-1-3-10-7-9(8-18-10)11(17)16-12-14-5-2-6-15-12/h2,5-8H,4,13H2,(H,14,15,16,17). The Balaban J connectivity index is 2.08. The lowest BCUT2D eigenvalue weighted by Crippen LogP contribution is -2.12. The van der Waals surface area contributed by atoms with Gasteiger partial charge in [0.1, 0.15) is 0 Å². The third kappa shape index (κ3) is 3.13. The molecule has 0 aliphatic carbocycles. The quantitative estimate of drug-likeness (QED) is 0.790. The second-order valence-electron chi connectivity index (χ2n) is 3.23. The van der Waals surface area contributed by atoms with Crippen LogP contribution >= 0.6 is 11.3 Å². The third-order valence-corrected chi connectivity index (χ3v) is 2.81. The fourth-order valence-corrected chi connectivity index (χ4v) is 1.95. The maximum absolute atomic E-state index is 11.8. The molecule has 2 rings (SSSR count). The molecular formula is C12H10N4OS. The van der Waals surface area contributed by atoms with Gasteiger partial charge in [0.05, 0.1) is 17.0 Å².